The third-order valence-electron chi connectivity index (χ3n) is 4.55. The molecule has 2 rings (SSSR count). The second-order valence-electron chi connectivity index (χ2n) is 6.19. The summed E-state index contributed by atoms with van der Waals surface area (Å²) in [5.74, 6) is -2.63. The van der Waals surface area contributed by atoms with Gasteiger partial charge in [-0.15, -0.1) is 0 Å². The molecule has 1 saturated heterocycles. The van der Waals surface area contributed by atoms with E-state index in [0.29, 0.717) is 25.9 Å². The highest BCUT2D eigenvalue weighted by Crippen LogP contribution is 2.42. The van der Waals surface area contributed by atoms with Crippen LogP contribution in [0.2, 0.25) is 0 Å². The van der Waals surface area contributed by atoms with E-state index in [-0.39, 0.29) is 24.4 Å². The van der Waals surface area contributed by atoms with Gasteiger partial charge in [-0.25, -0.2) is 0 Å². The van der Waals surface area contributed by atoms with Gasteiger partial charge in [-0.05, 0) is 26.7 Å². The number of rotatable bonds is 1. The summed E-state index contributed by atoms with van der Waals surface area (Å²) in [6.45, 7) is 4.99. The first kappa shape index (κ1) is 15.6. The maximum atomic E-state index is 13.1. The van der Waals surface area contributed by atoms with Gasteiger partial charge in [0, 0.05) is 31.1 Å². The van der Waals surface area contributed by atoms with Crippen molar-refractivity contribution in [3.63, 3.8) is 0 Å². The average Bonchev–Trinajstić information content (AvgIpc) is 2.40. The van der Waals surface area contributed by atoms with E-state index in [4.69, 9.17) is 0 Å². The lowest BCUT2D eigenvalue weighted by Crippen LogP contribution is -2.58. The van der Waals surface area contributed by atoms with Crippen LogP contribution in [0.25, 0.3) is 0 Å². The Labute approximate surface area is 117 Å². The van der Waals surface area contributed by atoms with Crippen LogP contribution < -0.4 is 5.32 Å². The smallest absolute Gasteiger partial charge is 0.337 e. The average molecular weight is 292 g/mol. The number of carbonyl (C=O) groups excluding carboxylic acids is 1. The quantitative estimate of drug-likeness (QED) is 0.805. The maximum Gasteiger partial charge on any atom is 0.392 e. The summed E-state index contributed by atoms with van der Waals surface area (Å²) in [6.07, 6.45) is -2.51. The van der Waals surface area contributed by atoms with Crippen molar-refractivity contribution in [1.29, 1.82) is 0 Å². The number of halogens is 3. The summed E-state index contributed by atoms with van der Waals surface area (Å²) in [6, 6.07) is 0.109. The number of carbonyl (C=O) groups is 1. The molecule has 1 saturated carbocycles. The molecule has 1 aliphatic heterocycles. The van der Waals surface area contributed by atoms with Gasteiger partial charge in [0.1, 0.15) is 0 Å². The van der Waals surface area contributed by atoms with E-state index in [9.17, 15) is 18.0 Å². The van der Waals surface area contributed by atoms with Crippen molar-refractivity contribution in [3.05, 3.63) is 0 Å². The van der Waals surface area contributed by atoms with Crippen LogP contribution in [-0.2, 0) is 4.79 Å². The number of hydrogen-bond acceptors (Lipinski definition) is 2. The Kier molecular flexibility index (Phi) is 4.62. The summed E-state index contributed by atoms with van der Waals surface area (Å²) >= 11 is 0. The lowest BCUT2D eigenvalue weighted by molar-refractivity contribution is -0.201. The van der Waals surface area contributed by atoms with Gasteiger partial charge >= 0.3 is 6.18 Å². The van der Waals surface area contributed by atoms with Gasteiger partial charge in [-0.1, -0.05) is 12.8 Å². The van der Waals surface area contributed by atoms with Crippen LogP contribution in [0, 0.1) is 11.8 Å². The molecule has 6 heteroatoms. The fourth-order valence-electron chi connectivity index (χ4n) is 3.36. The standard InChI is InChI=1S/C14H23F3N2O/c1-9-8-19(10(2)7-18-9)13(20)11-5-3-4-6-12(11)14(15,16)17/h9-12,18H,3-8H2,1-2H3. The molecule has 0 aromatic heterocycles. The Balaban J connectivity index is 2.13. The maximum absolute atomic E-state index is 13.1. The molecule has 0 radical (unpaired) electrons. The van der Waals surface area contributed by atoms with Gasteiger partial charge < -0.3 is 10.2 Å². The minimum absolute atomic E-state index is 0.0329. The van der Waals surface area contributed by atoms with E-state index in [2.05, 4.69) is 5.32 Å². The van der Waals surface area contributed by atoms with Crippen molar-refractivity contribution in [2.24, 2.45) is 11.8 Å². The van der Waals surface area contributed by atoms with Crippen molar-refractivity contribution < 1.29 is 18.0 Å². The number of nitrogens with zero attached hydrogens (tertiary/aromatic N) is 1. The second-order valence-corrected chi connectivity index (χ2v) is 6.19. The molecule has 1 heterocycles. The minimum atomic E-state index is -4.26. The first-order chi connectivity index (χ1) is 9.30. The molecule has 1 amide bonds. The molecule has 2 aliphatic rings. The number of piperazine rings is 1. The molecule has 0 spiro atoms. The number of hydrogen-bond donors (Lipinski definition) is 1. The predicted octanol–water partition coefficient (Wildman–Crippen LogP) is 2.56. The summed E-state index contributed by atoms with van der Waals surface area (Å²) in [5.41, 5.74) is 0. The van der Waals surface area contributed by atoms with E-state index < -0.39 is 18.0 Å². The molecule has 3 nitrogen and oxygen atoms in total. The zero-order valence-electron chi connectivity index (χ0n) is 12.0. The van der Waals surface area contributed by atoms with Crippen LogP contribution in [0.5, 0.6) is 0 Å². The van der Waals surface area contributed by atoms with E-state index in [1.807, 2.05) is 13.8 Å². The van der Waals surface area contributed by atoms with E-state index in [0.717, 1.165) is 6.42 Å². The van der Waals surface area contributed by atoms with Crippen LogP contribution in [0.4, 0.5) is 13.2 Å². The second kappa shape index (κ2) is 5.92. The Hall–Kier alpha value is -0.780. The van der Waals surface area contributed by atoms with Crippen LogP contribution in [0.15, 0.2) is 0 Å². The van der Waals surface area contributed by atoms with Crippen molar-refractivity contribution in [3.8, 4) is 0 Å². The molecule has 4 unspecified atom stereocenters. The number of nitrogens with one attached hydrogen (secondary N) is 1. The summed E-state index contributed by atoms with van der Waals surface area (Å²) in [4.78, 5) is 14.2. The summed E-state index contributed by atoms with van der Waals surface area (Å²) < 4.78 is 39.3. The molecule has 116 valence electrons. The molecular weight excluding hydrogens is 269 g/mol. The first-order valence-corrected chi connectivity index (χ1v) is 7.41. The third kappa shape index (κ3) is 3.27. The Morgan fingerprint density at radius 3 is 2.50 bits per heavy atom. The highest BCUT2D eigenvalue weighted by Gasteiger charge is 2.49. The lowest BCUT2D eigenvalue weighted by Gasteiger charge is -2.42. The van der Waals surface area contributed by atoms with Crippen molar-refractivity contribution >= 4 is 5.91 Å². The fraction of sp³-hybridized carbons (Fsp3) is 0.929. The largest absolute Gasteiger partial charge is 0.392 e. The molecule has 1 N–H and O–H groups in total. The summed E-state index contributed by atoms with van der Waals surface area (Å²) in [5, 5.41) is 3.24. The topological polar surface area (TPSA) is 32.3 Å². The molecular formula is C14H23F3N2O. The normalized spacial score (nSPS) is 36.0. The number of alkyl halides is 3. The zero-order valence-corrected chi connectivity index (χ0v) is 12.0. The van der Waals surface area contributed by atoms with E-state index in [1.165, 1.54) is 0 Å². The Morgan fingerprint density at radius 1 is 1.20 bits per heavy atom. The third-order valence-corrected chi connectivity index (χ3v) is 4.55. The van der Waals surface area contributed by atoms with Crippen LogP contribution >= 0.6 is 0 Å². The zero-order chi connectivity index (χ0) is 14.9. The van der Waals surface area contributed by atoms with Gasteiger partial charge in [-0.2, -0.15) is 13.2 Å². The highest BCUT2D eigenvalue weighted by molar-refractivity contribution is 5.80. The Bertz CT molecular complexity index is 359. The molecule has 0 aromatic carbocycles. The van der Waals surface area contributed by atoms with E-state index >= 15 is 0 Å². The fourth-order valence-corrected chi connectivity index (χ4v) is 3.36. The molecule has 0 bridgehead atoms. The first-order valence-electron chi connectivity index (χ1n) is 7.41. The SMILES string of the molecule is CC1CN(C(=O)C2CCCCC2C(F)(F)F)C(C)CN1. The Morgan fingerprint density at radius 2 is 1.85 bits per heavy atom. The van der Waals surface area contributed by atoms with Crippen molar-refractivity contribution in [1.82, 2.24) is 10.2 Å². The van der Waals surface area contributed by atoms with Crippen LogP contribution in [0.1, 0.15) is 39.5 Å². The van der Waals surface area contributed by atoms with E-state index in [1.54, 1.807) is 4.90 Å². The highest BCUT2D eigenvalue weighted by atomic mass is 19.4. The minimum Gasteiger partial charge on any atom is -0.337 e. The molecule has 20 heavy (non-hydrogen) atoms. The summed E-state index contributed by atoms with van der Waals surface area (Å²) in [7, 11) is 0. The molecule has 2 fully saturated rings. The van der Waals surface area contributed by atoms with Gasteiger partial charge in [-0.3, -0.25) is 4.79 Å². The van der Waals surface area contributed by atoms with Gasteiger partial charge in [0.2, 0.25) is 5.91 Å². The van der Waals surface area contributed by atoms with Gasteiger partial charge in [0.05, 0.1) is 5.92 Å². The van der Waals surface area contributed by atoms with Crippen molar-refractivity contribution in [2.45, 2.75) is 57.8 Å². The number of amides is 1. The molecule has 1 aliphatic carbocycles. The van der Waals surface area contributed by atoms with Crippen LogP contribution in [-0.4, -0.2) is 42.2 Å². The monoisotopic (exact) mass is 292 g/mol. The molecule has 0 aromatic rings. The van der Waals surface area contributed by atoms with Crippen molar-refractivity contribution in [2.75, 3.05) is 13.1 Å². The van der Waals surface area contributed by atoms with Gasteiger partial charge in [0.15, 0.2) is 0 Å². The van der Waals surface area contributed by atoms with Gasteiger partial charge in [0.25, 0.3) is 0 Å². The predicted molar refractivity (Wildman–Crippen MR) is 70.1 cm³/mol. The molecule has 4 atom stereocenters. The lowest BCUT2D eigenvalue weighted by atomic mass is 9.77. The van der Waals surface area contributed by atoms with Crippen LogP contribution in [0.3, 0.4) is 0 Å².